The summed E-state index contributed by atoms with van der Waals surface area (Å²) in [5, 5.41) is 3.81. The SMILES string of the molecule is Cc1cc(Cl)c(CNCC(C)CN)cc1F. The number of nitrogens with one attached hydrogen (secondary N) is 1. The lowest BCUT2D eigenvalue weighted by Gasteiger charge is -2.11. The molecule has 0 fully saturated rings. The Bertz CT molecular complexity index is 355. The van der Waals surface area contributed by atoms with Crippen LogP contribution in [-0.4, -0.2) is 13.1 Å². The van der Waals surface area contributed by atoms with Crippen molar-refractivity contribution < 1.29 is 4.39 Å². The van der Waals surface area contributed by atoms with Crippen LogP contribution in [0.5, 0.6) is 0 Å². The van der Waals surface area contributed by atoms with Gasteiger partial charge in [-0.2, -0.15) is 0 Å². The minimum absolute atomic E-state index is 0.215. The van der Waals surface area contributed by atoms with E-state index in [0.717, 1.165) is 12.1 Å². The molecule has 1 aromatic carbocycles. The zero-order valence-electron chi connectivity index (χ0n) is 9.69. The summed E-state index contributed by atoms with van der Waals surface area (Å²) in [5.41, 5.74) is 6.86. The minimum atomic E-state index is -0.215. The molecule has 1 aromatic rings. The first-order valence-electron chi connectivity index (χ1n) is 5.40. The van der Waals surface area contributed by atoms with Crippen LogP contribution in [0.4, 0.5) is 4.39 Å². The smallest absolute Gasteiger partial charge is 0.126 e. The molecular formula is C12H18ClFN2. The predicted molar refractivity (Wildman–Crippen MR) is 66.1 cm³/mol. The van der Waals surface area contributed by atoms with Crippen LogP contribution in [0.2, 0.25) is 5.02 Å². The highest BCUT2D eigenvalue weighted by Gasteiger charge is 2.06. The lowest BCUT2D eigenvalue weighted by Crippen LogP contribution is -2.25. The van der Waals surface area contributed by atoms with E-state index in [1.807, 2.05) is 0 Å². The summed E-state index contributed by atoms with van der Waals surface area (Å²) < 4.78 is 13.3. The van der Waals surface area contributed by atoms with Gasteiger partial charge in [-0.05, 0) is 49.2 Å². The maximum atomic E-state index is 13.3. The highest BCUT2D eigenvalue weighted by Crippen LogP contribution is 2.20. The van der Waals surface area contributed by atoms with Gasteiger partial charge >= 0.3 is 0 Å². The van der Waals surface area contributed by atoms with Crippen molar-refractivity contribution in [2.45, 2.75) is 20.4 Å². The summed E-state index contributed by atoms with van der Waals surface area (Å²) in [6.07, 6.45) is 0. The van der Waals surface area contributed by atoms with Crippen LogP contribution in [0.15, 0.2) is 12.1 Å². The van der Waals surface area contributed by atoms with Crippen molar-refractivity contribution in [2.24, 2.45) is 11.7 Å². The first kappa shape index (κ1) is 13.4. The van der Waals surface area contributed by atoms with Gasteiger partial charge in [-0.3, -0.25) is 0 Å². The third-order valence-corrected chi connectivity index (χ3v) is 2.89. The van der Waals surface area contributed by atoms with Crippen molar-refractivity contribution in [3.8, 4) is 0 Å². The summed E-state index contributed by atoms with van der Waals surface area (Å²) >= 11 is 6.02. The van der Waals surface area contributed by atoms with E-state index in [2.05, 4.69) is 12.2 Å². The van der Waals surface area contributed by atoms with E-state index in [1.165, 1.54) is 6.07 Å². The molecule has 0 bridgehead atoms. The fourth-order valence-electron chi connectivity index (χ4n) is 1.36. The molecule has 16 heavy (non-hydrogen) atoms. The number of rotatable bonds is 5. The lowest BCUT2D eigenvalue weighted by molar-refractivity contribution is 0.521. The number of hydrogen-bond donors (Lipinski definition) is 2. The van der Waals surface area contributed by atoms with E-state index >= 15 is 0 Å². The average Bonchev–Trinajstić information content (AvgIpc) is 2.25. The van der Waals surface area contributed by atoms with Crippen molar-refractivity contribution in [1.82, 2.24) is 5.32 Å². The Morgan fingerprint density at radius 2 is 2.19 bits per heavy atom. The van der Waals surface area contributed by atoms with Crippen molar-refractivity contribution >= 4 is 11.6 Å². The minimum Gasteiger partial charge on any atom is -0.330 e. The molecule has 90 valence electrons. The number of hydrogen-bond acceptors (Lipinski definition) is 2. The second kappa shape index (κ2) is 6.18. The van der Waals surface area contributed by atoms with Crippen molar-refractivity contribution in [3.05, 3.63) is 34.1 Å². The van der Waals surface area contributed by atoms with Crippen LogP contribution in [0.25, 0.3) is 0 Å². The first-order chi connectivity index (χ1) is 7.54. The third-order valence-electron chi connectivity index (χ3n) is 2.54. The van der Waals surface area contributed by atoms with Gasteiger partial charge in [-0.1, -0.05) is 18.5 Å². The molecule has 0 aromatic heterocycles. The number of benzene rings is 1. The zero-order valence-corrected chi connectivity index (χ0v) is 10.4. The zero-order chi connectivity index (χ0) is 12.1. The van der Waals surface area contributed by atoms with E-state index in [0.29, 0.717) is 29.6 Å². The van der Waals surface area contributed by atoms with Crippen molar-refractivity contribution in [1.29, 1.82) is 0 Å². The molecule has 1 atom stereocenters. The van der Waals surface area contributed by atoms with Crippen LogP contribution >= 0.6 is 11.6 Å². The van der Waals surface area contributed by atoms with E-state index in [4.69, 9.17) is 17.3 Å². The van der Waals surface area contributed by atoms with Gasteiger partial charge in [0, 0.05) is 11.6 Å². The van der Waals surface area contributed by atoms with Crippen LogP contribution in [-0.2, 0) is 6.54 Å². The Morgan fingerprint density at radius 1 is 1.50 bits per heavy atom. The van der Waals surface area contributed by atoms with Crippen LogP contribution in [0.1, 0.15) is 18.1 Å². The van der Waals surface area contributed by atoms with Gasteiger partial charge in [-0.15, -0.1) is 0 Å². The van der Waals surface area contributed by atoms with E-state index in [-0.39, 0.29) is 5.82 Å². The van der Waals surface area contributed by atoms with Crippen LogP contribution < -0.4 is 11.1 Å². The lowest BCUT2D eigenvalue weighted by atomic mass is 10.1. The molecule has 0 aliphatic rings. The van der Waals surface area contributed by atoms with Gasteiger partial charge in [-0.25, -0.2) is 4.39 Å². The largest absolute Gasteiger partial charge is 0.330 e. The van der Waals surface area contributed by atoms with Crippen LogP contribution in [0, 0.1) is 18.7 Å². The highest BCUT2D eigenvalue weighted by molar-refractivity contribution is 6.31. The highest BCUT2D eigenvalue weighted by atomic mass is 35.5. The van der Waals surface area contributed by atoms with Crippen molar-refractivity contribution in [3.63, 3.8) is 0 Å². The fourth-order valence-corrected chi connectivity index (χ4v) is 1.64. The molecular weight excluding hydrogens is 227 g/mol. The Morgan fingerprint density at radius 3 is 2.81 bits per heavy atom. The predicted octanol–water partition coefficient (Wildman–Crippen LogP) is 2.47. The second-order valence-corrected chi connectivity index (χ2v) is 4.57. The molecule has 1 rings (SSSR count). The molecule has 0 aliphatic carbocycles. The van der Waals surface area contributed by atoms with Gasteiger partial charge in [0.15, 0.2) is 0 Å². The van der Waals surface area contributed by atoms with Gasteiger partial charge < -0.3 is 11.1 Å². The molecule has 0 aliphatic heterocycles. The van der Waals surface area contributed by atoms with Crippen molar-refractivity contribution in [2.75, 3.05) is 13.1 Å². The van der Waals surface area contributed by atoms with Gasteiger partial charge in [0.2, 0.25) is 0 Å². The molecule has 4 heteroatoms. The molecule has 0 saturated carbocycles. The van der Waals surface area contributed by atoms with Gasteiger partial charge in [0.05, 0.1) is 0 Å². The topological polar surface area (TPSA) is 38.0 Å². The summed E-state index contributed by atoms with van der Waals surface area (Å²) in [5.74, 6) is 0.196. The monoisotopic (exact) mass is 244 g/mol. The third kappa shape index (κ3) is 3.74. The maximum absolute atomic E-state index is 13.3. The molecule has 2 nitrogen and oxygen atoms in total. The molecule has 0 amide bonds. The molecule has 0 radical (unpaired) electrons. The van der Waals surface area contributed by atoms with Gasteiger partial charge in [0.1, 0.15) is 5.82 Å². The summed E-state index contributed by atoms with van der Waals surface area (Å²) in [4.78, 5) is 0. The summed E-state index contributed by atoms with van der Waals surface area (Å²) in [7, 11) is 0. The normalized spacial score (nSPS) is 12.8. The van der Waals surface area contributed by atoms with E-state index < -0.39 is 0 Å². The fraction of sp³-hybridized carbons (Fsp3) is 0.500. The quantitative estimate of drug-likeness (QED) is 0.835. The molecule has 3 N–H and O–H groups in total. The number of halogens is 2. The Balaban J connectivity index is 2.57. The summed E-state index contributed by atoms with van der Waals surface area (Å²) in [6, 6.07) is 3.14. The second-order valence-electron chi connectivity index (χ2n) is 4.16. The van der Waals surface area contributed by atoms with Crippen LogP contribution in [0.3, 0.4) is 0 Å². The molecule has 1 unspecified atom stereocenters. The number of aryl methyl sites for hydroxylation is 1. The maximum Gasteiger partial charge on any atom is 0.126 e. The van der Waals surface area contributed by atoms with E-state index in [1.54, 1.807) is 13.0 Å². The molecule has 0 saturated heterocycles. The molecule has 0 spiro atoms. The van der Waals surface area contributed by atoms with Gasteiger partial charge in [0.25, 0.3) is 0 Å². The number of nitrogens with two attached hydrogens (primary N) is 1. The first-order valence-corrected chi connectivity index (χ1v) is 5.77. The van der Waals surface area contributed by atoms with E-state index in [9.17, 15) is 4.39 Å². The Labute approximate surface area is 101 Å². The standard InChI is InChI=1S/C12H18ClFN2/c1-8(5-15)6-16-7-10-4-12(14)9(2)3-11(10)13/h3-4,8,16H,5-7,15H2,1-2H3. The molecule has 0 heterocycles. The summed E-state index contributed by atoms with van der Waals surface area (Å²) in [6.45, 7) is 5.78. The average molecular weight is 245 g/mol. The Hall–Kier alpha value is -0.640. The Kier molecular flexibility index (Phi) is 5.19.